The summed E-state index contributed by atoms with van der Waals surface area (Å²) in [5.74, 6) is 0.797. The molecule has 0 radical (unpaired) electrons. The van der Waals surface area contributed by atoms with Crippen molar-refractivity contribution < 1.29 is 30.2 Å². The first kappa shape index (κ1) is 26.7. The molecule has 9 heteroatoms. The number of aryl methyl sites for hydroxylation is 1. The molecule has 1 aliphatic carbocycles. The van der Waals surface area contributed by atoms with Crippen molar-refractivity contribution in [3.63, 3.8) is 0 Å². The van der Waals surface area contributed by atoms with E-state index in [1.165, 1.54) is 13.0 Å². The molecule has 5 nitrogen and oxygen atoms in total. The zero-order valence-corrected chi connectivity index (χ0v) is 21.9. The van der Waals surface area contributed by atoms with E-state index < -0.39 is 15.6 Å². The van der Waals surface area contributed by atoms with Gasteiger partial charge in [0.2, 0.25) is 5.89 Å². The number of oxazole rings is 1. The maximum Gasteiger partial charge on any atom is 0.534 e. The first-order valence-corrected chi connectivity index (χ1v) is 14.0. The SMILES string of the molecule is Cc1ccc(CC2CCCC=C2c2nc(-c3ccccc3)c(-c3ccccc3)o2)cc1OS(=O)(=O)C(F)(F)F. The Morgan fingerprint density at radius 1 is 0.974 bits per heavy atom. The molecule has 0 bridgehead atoms. The van der Waals surface area contributed by atoms with E-state index in [1.54, 1.807) is 12.1 Å². The van der Waals surface area contributed by atoms with Gasteiger partial charge in [0.05, 0.1) is 0 Å². The monoisotopic (exact) mass is 553 g/mol. The fourth-order valence-electron chi connectivity index (χ4n) is 4.75. The Bertz CT molecular complexity index is 1540. The molecule has 1 heterocycles. The van der Waals surface area contributed by atoms with Crippen molar-refractivity contribution in [1.29, 1.82) is 0 Å². The number of hydrogen-bond donors (Lipinski definition) is 0. The third kappa shape index (κ3) is 5.78. The Kier molecular flexibility index (Phi) is 7.36. The van der Waals surface area contributed by atoms with Crippen LogP contribution in [0, 0.1) is 12.8 Å². The van der Waals surface area contributed by atoms with Crippen molar-refractivity contribution in [2.45, 2.75) is 38.1 Å². The smallest absolute Gasteiger partial charge is 0.436 e. The molecule has 0 amide bonds. The van der Waals surface area contributed by atoms with Crippen LogP contribution in [0.1, 0.15) is 36.3 Å². The maximum atomic E-state index is 12.9. The van der Waals surface area contributed by atoms with Crippen LogP contribution in [0.3, 0.4) is 0 Å². The van der Waals surface area contributed by atoms with E-state index in [0.717, 1.165) is 41.7 Å². The van der Waals surface area contributed by atoms with Gasteiger partial charge in [0, 0.05) is 16.7 Å². The Hall–Kier alpha value is -3.85. The van der Waals surface area contributed by atoms with E-state index in [2.05, 4.69) is 10.3 Å². The Labute approximate surface area is 225 Å². The number of aromatic nitrogens is 1. The molecular weight excluding hydrogens is 527 g/mol. The molecule has 0 N–H and O–H groups in total. The molecule has 1 unspecified atom stereocenters. The average Bonchev–Trinajstić information content (AvgIpc) is 3.37. The second-order valence-corrected chi connectivity index (χ2v) is 11.0. The predicted octanol–water partition coefficient (Wildman–Crippen LogP) is 7.97. The number of benzene rings is 3. The number of nitrogens with zero attached hydrogens (tertiary/aromatic N) is 1. The first-order chi connectivity index (χ1) is 18.6. The molecule has 1 atom stereocenters. The number of halogens is 3. The van der Waals surface area contributed by atoms with Crippen LogP contribution in [0.15, 0.2) is 89.4 Å². The zero-order valence-electron chi connectivity index (χ0n) is 21.1. The minimum absolute atomic E-state index is 0.0283. The molecule has 0 saturated heterocycles. The van der Waals surface area contributed by atoms with Crippen molar-refractivity contribution in [2.24, 2.45) is 5.92 Å². The van der Waals surface area contributed by atoms with Gasteiger partial charge < -0.3 is 8.60 Å². The third-order valence-corrected chi connectivity index (χ3v) is 7.70. The van der Waals surface area contributed by atoms with Gasteiger partial charge in [-0.15, -0.1) is 0 Å². The number of alkyl halides is 3. The zero-order chi connectivity index (χ0) is 27.6. The van der Waals surface area contributed by atoms with E-state index in [0.29, 0.717) is 29.2 Å². The van der Waals surface area contributed by atoms with Crippen molar-refractivity contribution in [3.05, 3.63) is 102 Å². The quantitative estimate of drug-likeness (QED) is 0.171. The summed E-state index contributed by atoms with van der Waals surface area (Å²) in [7, 11) is -5.77. The lowest BCUT2D eigenvalue weighted by Crippen LogP contribution is -2.28. The van der Waals surface area contributed by atoms with E-state index in [-0.39, 0.29) is 11.7 Å². The molecule has 0 spiro atoms. The predicted molar refractivity (Wildman–Crippen MR) is 143 cm³/mol. The lowest BCUT2D eigenvalue weighted by molar-refractivity contribution is -0.0500. The number of allylic oxidation sites excluding steroid dienone is 2. The fraction of sp³-hybridized carbons (Fsp3) is 0.233. The van der Waals surface area contributed by atoms with Gasteiger partial charge in [-0.1, -0.05) is 78.9 Å². The van der Waals surface area contributed by atoms with Crippen LogP contribution in [-0.2, 0) is 16.5 Å². The van der Waals surface area contributed by atoms with Crippen LogP contribution < -0.4 is 4.18 Å². The van der Waals surface area contributed by atoms with Crippen LogP contribution >= 0.6 is 0 Å². The van der Waals surface area contributed by atoms with Crippen LogP contribution in [-0.4, -0.2) is 18.9 Å². The molecule has 1 aliphatic rings. The Balaban J connectivity index is 1.48. The first-order valence-electron chi connectivity index (χ1n) is 12.5. The molecule has 5 rings (SSSR count). The van der Waals surface area contributed by atoms with E-state index in [9.17, 15) is 21.6 Å². The van der Waals surface area contributed by atoms with E-state index in [4.69, 9.17) is 9.40 Å². The van der Waals surface area contributed by atoms with Crippen LogP contribution in [0.4, 0.5) is 13.2 Å². The molecule has 4 aromatic rings. The average molecular weight is 554 g/mol. The maximum absolute atomic E-state index is 12.9. The lowest BCUT2D eigenvalue weighted by atomic mass is 9.83. The standard InChI is InChI=1S/C30H26F3NO4S/c1-20-16-17-21(19-26(20)38-39(35,36)30(31,32)33)18-24-14-8-9-15-25(24)29-34-27(22-10-4-2-5-11-22)28(37-29)23-12-6-3-7-13-23/h2-7,10-13,15-17,19,24H,8-9,14,18H2,1H3. The molecule has 0 saturated carbocycles. The minimum Gasteiger partial charge on any atom is -0.436 e. The number of rotatable bonds is 7. The van der Waals surface area contributed by atoms with Crippen molar-refractivity contribution in [3.8, 4) is 28.3 Å². The van der Waals surface area contributed by atoms with Gasteiger partial charge in [-0.3, -0.25) is 0 Å². The van der Waals surface area contributed by atoms with Gasteiger partial charge >= 0.3 is 15.6 Å². The van der Waals surface area contributed by atoms with Crippen LogP contribution in [0.5, 0.6) is 5.75 Å². The Morgan fingerprint density at radius 2 is 1.64 bits per heavy atom. The summed E-state index contributed by atoms with van der Waals surface area (Å²) < 4.78 is 72.8. The third-order valence-electron chi connectivity index (χ3n) is 6.74. The fourth-order valence-corrected chi connectivity index (χ4v) is 5.26. The van der Waals surface area contributed by atoms with Gasteiger partial charge in [0.25, 0.3) is 0 Å². The number of hydrogen-bond acceptors (Lipinski definition) is 5. The van der Waals surface area contributed by atoms with Crippen LogP contribution in [0.25, 0.3) is 28.2 Å². The molecule has 3 aromatic carbocycles. The molecule has 1 aromatic heterocycles. The molecule has 0 fully saturated rings. The summed E-state index contributed by atoms with van der Waals surface area (Å²) in [6, 6.07) is 24.2. The summed E-state index contributed by atoms with van der Waals surface area (Å²) in [6.45, 7) is 1.50. The van der Waals surface area contributed by atoms with E-state index >= 15 is 0 Å². The summed E-state index contributed by atoms with van der Waals surface area (Å²) in [6.07, 6.45) is 5.16. The largest absolute Gasteiger partial charge is 0.534 e. The van der Waals surface area contributed by atoms with Gasteiger partial charge in [0.15, 0.2) is 5.76 Å². The normalized spacial score (nSPS) is 16.1. The van der Waals surface area contributed by atoms with Gasteiger partial charge in [0.1, 0.15) is 11.4 Å². The van der Waals surface area contributed by atoms with Crippen LogP contribution in [0.2, 0.25) is 0 Å². The second-order valence-electron chi connectivity index (χ2n) is 9.50. The van der Waals surface area contributed by atoms with Crippen molar-refractivity contribution >= 4 is 15.7 Å². The highest BCUT2D eigenvalue weighted by atomic mass is 32.2. The van der Waals surface area contributed by atoms with Gasteiger partial charge in [-0.05, 0) is 55.7 Å². The summed E-state index contributed by atoms with van der Waals surface area (Å²) in [5, 5.41) is 0. The molecule has 202 valence electrons. The Morgan fingerprint density at radius 3 is 2.31 bits per heavy atom. The highest BCUT2D eigenvalue weighted by Gasteiger charge is 2.48. The lowest BCUT2D eigenvalue weighted by Gasteiger charge is -2.23. The molecule has 39 heavy (non-hydrogen) atoms. The summed E-state index contributed by atoms with van der Waals surface area (Å²) >= 11 is 0. The molecular formula is C30H26F3NO4S. The highest BCUT2D eigenvalue weighted by Crippen LogP contribution is 2.40. The van der Waals surface area contributed by atoms with Gasteiger partial charge in [-0.2, -0.15) is 21.6 Å². The van der Waals surface area contributed by atoms with Crippen molar-refractivity contribution in [2.75, 3.05) is 0 Å². The molecule has 0 aliphatic heterocycles. The highest BCUT2D eigenvalue weighted by molar-refractivity contribution is 7.88. The van der Waals surface area contributed by atoms with Crippen molar-refractivity contribution in [1.82, 2.24) is 4.98 Å². The second kappa shape index (κ2) is 10.7. The van der Waals surface area contributed by atoms with Gasteiger partial charge in [-0.25, -0.2) is 4.98 Å². The summed E-state index contributed by atoms with van der Waals surface area (Å²) in [5.41, 5.74) is -1.09. The minimum atomic E-state index is -5.77. The topological polar surface area (TPSA) is 69.4 Å². The van der Waals surface area contributed by atoms with E-state index in [1.807, 2.05) is 60.7 Å². The summed E-state index contributed by atoms with van der Waals surface area (Å²) in [4.78, 5) is 4.92.